The minimum atomic E-state index is -0.359. The predicted octanol–water partition coefficient (Wildman–Crippen LogP) is 2.13. The Kier molecular flexibility index (Phi) is 5.68. The monoisotopic (exact) mass is 316 g/mol. The Morgan fingerprint density at radius 1 is 1.04 bits per heavy atom. The van der Waals surface area contributed by atoms with E-state index in [0.29, 0.717) is 17.0 Å². The predicted molar refractivity (Wildman–Crippen MR) is 84.7 cm³/mol. The number of hydrogen-bond donors (Lipinski definition) is 2. The van der Waals surface area contributed by atoms with Gasteiger partial charge >= 0.3 is 0 Å². The van der Waals surface area contributed by atoms with Crippen LogP contribution in [0.1, 0.15) is 5.56 Å². The van der Waals surface area contributed by atoms with E-state index in [0.717, 1.165) is 0 Å². The molecule has 0 spiro atoms. The number of amides is 2. The summed E-state index contributed by atoms with van der Waals surface area (Å²) in [7, 11) is 1.51. The van der Waals surface area contributed by atoms with Crippen molar-refractivity contribution in [2.24, 2.45) is 0 Å². The van der Waals surface area contributed by atoms with Gasteiger partial charge in [0.15, 0.2) is 0 Å². The summed E-state index contributed by atoms with van der Waals surface area (Å²) in [6.07, 6.45) is 0.0855. The van der Waals surface area contributed by atoms with Crippen LogP contribution in [-0.2, 0) is 16.0 Å². The lowest BCUT2D eigenvalue weighted by Gasteiger charge is -2.10. The molecular weight excluding hydrogens is 299 g/mol. The molecular formula is C17H17FN2O3. The molecule has 0 heterocycles. The van der Waals surface area contributed by atoms with Crippen molar-refractivity contribution in [3.63, 3.8) is 0 Å². The van der Waals surface area contributed by atoms with Crippen molar-refractivity contribution in [1.29, 1.82) is 0 Å². The Bertz CT molecular complexity index is 686. The van der Waals surface area contributed by atoms with Crippen molar-refractivity contribution in [2.45, 2.75) is 6.42 Å². The highest BCUT2D eigenvalue weighted by atomic mass is 19.1. The third kappa shape index (κ3) is 5.10. The minimum Gasteiger partial charge on any atom is -0.495 e. The van der Waals surface area contributed by atoms with E-state index in [4.69, 9.17) is 4.74 Å². The van der Waals surface area contributed by atoms with Crippen molar-refractivity contribution in [2.75, 3.05) is 19.0 Å². The molecule has 120 valence electrons. The van der Waals surface area contributed by atoms with E-state index in [-0.39, 0.29) is 30.6 Å². The van der Waals surface area contributed by atoms with Crippen LogP contribution in [0.4, 0.5) is 10.1 Å². The summed E-state index contributed by atoms with van der Waals surface area (Å²) in [5.41, 5.74) is 1.21. The van der Waals surface area contributed by atoms with Crippen LogP contribution in [0.3, 0.4) is 0 Å². The van der Waals surface area contributed by atoms with E-state index in [2.05, 4.69) is 10.6 Å². The molecule has 0 unspecified atom stereocenters. The van der Waals surface area contributed by atoms with Gasteiger partial charge < -0.3 is 15.4 Å². The SMILES string of the molecule is COc1ccccc1NC(=O)CNC(=O)Cc1ccc(F)cc1. The fourth-order valence-electron chi connectivity index (χ4n) is 1.97. The van der Waals surface area contributed by atoms with Crippen LogP contribution in [0.5, 0.6) is 5.75 Å². The molecule has 2 N–H and O–H groups in total. The molecule has 2 aromatic carbocycles. The van der Waals surface area contributed by atoms with E-state index in [1.165, 1.54) is 31.4 Å². The molecule has 5 nitrogen and oxygen atoms in total. The number of rotatable bonds is 6. The highest BCUT2D eigenvalue weighted by molar-refractivity contribution is 5.95. The second kappa shape index (κ2) is 7.93. The molecule has 0 aliphatic rings. The van der Waals surface area contributed by atoms with Gasteiger partial charge in [0.05, 0.1) is 25.8 Å². The van der Waals surface area contributed by atoms with Gasteiger partial charge in [-0.05, 0) is 29.8 Å². The molecule has 0 aromatic heterocycles. The van der Waals surface area contributed by atoms with E-state index < -0.39 is 0 Å². The lowest BCUT2D eigenvalue weighted by atomic mass is 10.1. The van der Waals surface area contributed by atoms with Gasteiger partial charge in [-0.2, -0.15) is 0 Å². The Balaban J connectivity index is 1.82. The first kappa shape index (κ1) is 16.5. The first-order chi connectivity index (χ1) is 11.1. The Morgan fingerprint density at radius 2 is 1.74 bits per heavy atom. The van der Waals surface area contributed by atoms with Gasteiger partial charge in [0.2, 0.25) is 11.8 Å². The quantitative estimate of drug-likeness (QED) is 0.858. The summed E-state index contributed by atoms with van der Waals surface area (Å²) in [6.45, 7) is -0.155. The summed E-state index contributed by atoms with van der Waals surface area (Å²) in [5.74, 6) is -0.488. The van der Waals surface area contributed by atoms with E-state index in [1.807, 2.05) is 0 Å². The molecule has 2 rings (SSSR count). The van der Waals surface area contributed by atoms with Crippen LogP contribution >= 0.6 is 0 Å². The minimum absolute atomic E-state index is 0.0855. The second-order valence-electron chi connectivity index (χ2n) is 4.83. The maximum absolute atomic E-state index is 12.8. The van der Waals surface area contributed by atoms with Gasteiger partial charge in [-0.25, -0.2) is 4.39 Å². The maximum Gasteiger partial charge on any atom is 0.243 e. The highest BCUT2D eigenvalue weighted by Gasteiger charge is 2.09. The molecule has 0 radical (unpaired) electrons. The Morgan fingerprint density at radius 3 is 2.43 bits per heavy atom. The molecule has 0 bridgehead atoms. The number of anilines is 1. The fraction of sp³-hybridized carbons (Fsp3) is 0.176. The molecule has 0 saturated carbocycles. The largest absolute Gasteiger partial charge is 0.495 e. The number of methoxy groups -OCH3 is 1. The smallest absolute Gasteiger partial charge is 0.243 e. The molecule has 0 aliphatic carbocycles. The summed E-state index contributed by atoms with van der Waals surface area (Å²) >= 11 is 0. The van der Waals surface area contributed by atoms with Crippen LogP contribution in [0.15, 0.2) is 48.5 Å². The van der Waals surface area contributed by atoms with Gasteiger partial charge in [0, 0.05) is 0 Å². The van der Waals surface area contributed by atoms with Gasteiger partial charge in [-0.15, -0.1) is 0 Å². The van der Waals surface area contributed by atoms with Crippen LogP contribution < -0.4 is 15.4 Å². The number of carbonyl (C=O) groups excluding carboxylic acids is 2. The zero-order valence-corrected chi connectivity index (χ0v) is 12.6. The highest BCUT2D eigenvalue weighted by Crippen LogP contribution is 2.22. The molecule has 6 heteroatoms. The van der Waals surface area contributed by atoms with Crippen molar-refractivity contribution in [3.05, 3.63) is 59.9 Å². The lowest BCUT2D eigenvalue weighted by Crippen LogP contribution is -2.33. The third-order valence-corrected chi connectivity index (χ3v) is 3.11. The Hall–Kier alpha value is -2.89. The molecule has 0 saturated heterocycles. The second-order valence-corrected chi connectivity index (χ2v) is 4.83. The topological polar surface area (TPSA) is 67.4 Å². The average molecular weight is 316 g/mol. The number of hydrogen-bond acceptors (Lipinski definition) is 3. The summed E-state index contributed by atoms with van der Waals surface area (Å²) in [4.78, 5) is 23.6. The number of halogens is 1. The first-order valence-electron chi connectivity index (χ1n) is 7.02. The summed E-state index contributed by atoms with van der Waals surface area (Å²) in [5, 5.41) is 5.18. The molecule has 2 aromatic rings. The van der Waals surface area contributed by atoms with Crippen molar-refractivity contribution in [3.8, 4) is 5.75 Å². The first-order valence-corrected chi connectivity index (χ1v) is 7.02. The Labute approximate surface area is 133 Å². The maximum atomic E-state index is 12.8. The number of nitrogens with one attached hydrogen (secondary N) is 2. The average Bonchev–Trinajstić information content (AvgIpc) is 2.55. The fourth-order valence-corrected chi connectivity index (χ4v) is 1.97. The van der Waals surface area contributed by atoms with Crippen LogP contribution in [0, 0.1) is 5.82 Å². The molecule has 0 aliphatic heterocycles. The zero-order chi connectivity index (χ0) is 16.7. The number of para-hydroxylation sites is 2. The number of benzene rings is 2. The number of ether oxygens (including phenoxy) is 1. The molecule has 0 fully saturated rings. The van der Waals surface area contributed by atoms with E-state index in [9.17, 15) is 14.0 Å². The standard InChI is InChI=1S/C17H17FN2O3/c1-23-15-5-3-2-4-14(15)20-17(22)11-19-16(21)10-12-6-8-13(18)9-7-12/h2-9H,10-11H2,1H3,(H,19,21)(H,20,22). The van der Waals surface area contributed by atoms with Crippen molar-refractivity contribution >= 4 is 17.5 Å². The van der Waals surface area contributed by atoms with Crippen LogP contribution in [0.25, 0.3) is 0 Å². The summed E-state index contributed by atoms with van der Waals surface area (Å²) in [6, 6.07) is 12.6. The van der Waals surface area contributed by atoms with Gasteiger partial charge in [0.25, 0.3) is 0 Å². The molecule has 23 heavy (non-hydrogen) atoms. The van der Waals surface area contributed by atoms with Gasteiger partial charge in [0.1, 0.15) is 11.6 Å². The van der Waals surface area contributed by atoms with Crippen molar-refractivity contribution in [1.82, 2.24) is 5.32 Å². The summed E-state index contributed by atoms with van der Waals surface area (Å²) < 4.78 is 17.9. The van der Waals surface area contributed by atoms with Crippen LogP contribution in [-0.4, -0.2) is 25.5 Å². The zero-order valence-electron chi connectivity index (χ0n) is 12.6. The van der Waals surface area contributed by atoms with Crippen molar-refractivity contribution < 1.29 is 18.7 Å². The van der Waals surface area contributed by atoms with E-state index in [1.54, 1.807) is 24.3 Å². The van der Waals surface area contributed by atoms with Gasteiger partial charge in [-0.1, -0.05) is 24.3 Å². The van der Waals surface area contributed by atoms with Crippen LogP contribution in [0.2, 0.25) is 0 Å². The van der Waals surface area contributed by atoms with E-state index >= 15 is 0 Å². The molecule has 0 atom stereocenters. The molecule has 2 amide bonds. The van der Waals surface area contributed by atoms with Gasteiger partial charge in [-0.3, -0.25) is 9.59 Å². The number of carbonyl (C=O) groups is 2. The lowest BCUT2D eigenvalue weighted by molar-refractivity contribution is -0.123. The third-order valence-electron chi connectivity index (χ3n) is 3.11. The normalized spacial score (nSPS) is 10.0.